The van der Waals surface area contributed by atoms with Gasteiger partial charge in [-0.1, -0.05) is 0 Å². The van der Waals surface area contributed by atoms with Crippen LogP contribution >= 0.6 is 11.3 Å². The molecule has 6 heteroatoms. The third-order valence-corrected chi connectivity index (χ3v) is 5.02. The van der Waals surface area contributed by atoms with Gasteiger partial charge in [-0.15, -0.1) is 11.3 Å². The molecular weight excluding hydrogens is 302 g/mol. The molecule has 5 nitrogen and oxygen atoms in total. The van der Waals surface area contributed by atoms with E-state index in [-0.39, 0.29) is 18.0 Å². The highest BCUT2D eigenvalue weighted by atomic mass is 32.1. The topological polar surface area (TPSA) is 79.5 Å². The Labute approximate surface area is 132 Å². The fraction of sp³-hybridized carbons (Fsp3) is 0.375. The van der Waals surface area contributed by atoms with E-state index < -0.39 is 5.97 Å². The Morgan fingerprint density at radius 3 is 2.82 bits per heavy atom. The minimum Gasteiger partial charge on any atom is -0.478 e. The Kier molecular flexibility index (Phi) is 4.02. The lowest BCUT2D eigenvalue weighted by atomic mass is 9.96. The summed E-state index contributed by atoms with van der Waals surface area (Å²) < 4.78 is 5.36. The van der Waals surface area contributed by atoms with Crippen LogP contribution in [0, 0.1) is 6.92 Å². The Hall–Kier alpha value is -2.08. The summed E-state index contributed by atoms with van der Waals surface area (Å²) in [7, 11) is 0. The van der Waals surface area contributed by atoms with Gasteiger partial charge < -0.3 is 14.8 Å². The second-order valence-electron chi connectivity index (χ2n) is 5.43. The normalized spacial score (nSPS) is 13.7. The largest absolute Gasteiger partial charge is 0.478 e. The molecule has 1 amide bonds. The lowest BCUT2D eigenvalue weighted by Crippen LogP contribution is -2.23. The molecule has 0 atom stereocenters. The number of aromatic carboxylic acids is 1. The van der Waals surface area contributed by atoms with Gasteiger partial charge in [0.25, 0.3) is 5.91 Å². The van der Waals surface area contributed by atoms with Crippen molar-refractivity contribution in [1.29, 1.82) is 0 Å². The van der Waals surface area contributed by atoms with Gasteiger partial charge in [0.15, 0.2) is 0 Å². The summed E-state index contributed by atoms with van der Waals surface area (Å²) in [5, 5.41) is 13.7. The number of furan rings is 1. The van der Waals surface area contributed by atoms with Crippen LogP contribution in [0.15, 0.2) is 15.9 Å². The molecule has 0 radical (unpaired) electrons. The Bertz CT molecular complexity index is 729. The highest BCUT2D eigenvalue weighted by Crippen LogP contribution is 2.30. The van der Waals surface area contributed by atoms with Crippen LogP contribution in [0.5, 0.6) is 0 Å². The van der Waals surface area contributed by atoms with E-state index >= 15 is 0 Å². The van der Waals surface area contributed by atoms with E-state index in [0.29, 0.717) is 11.5 Å². The number of hydrogen-bond donors (Lipinski definition) is 2. The van der Waals surface area contributed by atoms with Gasteiger partial charge in [0.1, 0.15) is 17.1 Å². The minimum atomic E-state index is -1.02. The second kappa shape index (κ2) is 5.96. The number of fused-ring (bicyclic) bond motifs is 1. The summed E-state index contributed by atoms with van der Waals surface area (Å²) in [6, 6.07) is 1.46. The van der Waals surface area contributed by atoms with Crippen molar-refractivity contribution in [3.8, 4) is 0 Å². The van der Waals surface area contributed by atoms with Gasteiger partial charge in [-0.05, 0) is 44.2 Å². The van der Waals surface area contributed by atoms with E-state index in [4.69, 9.17) is 9.52 Å². The Balaban J connectivity index is 1.69. The van der Waals surface area contributed by atoms with Crippen LogP contribution in [-0.4, -0.2) is 17.0 Å². The Morgan fingerprint density at radius 1 is 1.32 bits per heavy atom. The van der Waals surface area contributed by atoms with Gasteiger partial charge in [-0.2, -0.15) is 0 Å². The van der Waals surface area contributed by atoms with Crippen LogP contribution in [0.2, 0.25) is 0 Å². The number of hydrogen-bond acceptors (Lipinski definition) is 4. The number of carboxylic acids is 1. The van der Waals surface area contributed by atoms with E-state index in [0.717, 1.165) is 24.8 Å². The maximum atomic E-state index is 12.3. The fourth-order valence-electron chi connectivity index (χ4n) is 2.79. The lowest BCUT2D eigenvalue weighted by Gasteiger charge is -2.12. The molecule has 1 aliphatic rings. The minimum absolute atomic E-state index is 0.120. The van der Waals surface area contributed by atoms with Gasteiger partial charge >= 0.3 is 5.97 Å². The van der Waals surface area contributed by atoms with E-state index in [1.165, 1.54) is 22.9 Å². The van der Waals surface area contributed by atoms with Crippen LogP contribution < -0.4 is 5.32 Å². The van der Waals surface area contributed by atoms with Crippen molar-refractivity contribution in [3.63, 3.8) is 0 Å². The van der Waals surface area contributed by atoms with Gasteiger partial charge in [-0.3, -0.25) is 4.79 Å². The summed E-state index contributed by atoms with van der Waals surface area (Å²) in [5.41, 5.74) is 2.06. The monoisotopic (exact) mass is 319 g/mol. The first kappa shape index (κ1) is 14.8. The highest BCUT2D eigenvalue weighted by Gasteiger charge is 2.20. The number of amides is 1. The molecule has 2 N–H and O–H groups in total. The van der Waals surface area contributed by atoms with Crippen molar-refractivity contribution in [2.24, 2.45) is 0 Å². The predicted octanol–water partition coefficient (Wildman–Crippen LogP) is 3.16. The number of thiophene rings is 1. The van der Waals surface area contributed by atoms with Gasteiger partial charge in [0.05, 0.1) is 12.1 Å². The molecule has 0 aliphatic heterocycles. The van der Waals surface area contributed by atoms with Gasteiger partial charge in [0.2, 0.25) is 0 Å². The molecule has 0 spiro atoms. The molecule has 0 saturated carbocycles. The standard InChI is InChI=1S/C16H17NO4S/c1-9-12(16(19)20)6-10(21-9)7-17-15(18)13-8-22-14-5-3-2-4-11(13)14/h6,8H,2-5,7H2,1H3,(H,17,18)(H,19,20). The zero-order chi connectivity index (χ0) is 15.7. The van der Waals surface area contributed by atoms with E-state index in [9.17, 15) is 9.59 Å². The first-order valence-electron chi connectivity index (χ1n) is 7.26. The zero-order valence-electron chi connectivity index (χ0n) is 12.3. The van der Waals surface area contributed by atoms with Gasteiger partial charge in [0, 0.05) is 10.3 Å². The molecule has 0 saturated heterocycles. The van der Waals surface area contributed by atoms with Crippen LogP contribution in [0.25, 0.3) is 0 Å². The summed E-state index contributed by atoms with van der Waals surface area (Å²) in [5.74, 6) is -0.340. The quantitative estimate of drug-likeness (QED) is 0.907. The SMILES string of the molecule is Cc1oc(CNC(=O)c2csc3c2CCCC3)cc1C(=O)O. The molecule has 0 aromatic carbocycles. The molecule has 1 aliphatic carbocycles. The van der Waals surface area contributed by atoms with Crippen LogP contribution in [0.1, 0.15) is 55.5 Å². The highest BCUT2D eigenvalue weighted by molar-refractivity contribution is 7.10. The van der Waals surface area contributed by atoms with Crippen LogP contribution in [0.3, 0.4) is 0 Å². The van der Waals surface area contributed by atoms with E-state index in [1.807, 2.05) is 5.38 Å². The summed E-state index contributed by atoms with van der Waals surface area (Å²) in [4.78, 5) is 24.6. The first-order chi connectivity index (χ1) is 10.6. The molecule has 2 heterocycles. The van der Waals surface area contributed by atoms with Gasteiger partial charge in [-0.25, -0.2) is 4.79 Å². The van der Waals surface area contributed by atoms with E-state index in [2.05, 4.69) is 5.32 Å². The molecule has 0 unspecified atom stereocenters. The average Bonchev–Trinajstić information content (AvgIpc) is 3.08. The number of rotatable bonds is 4. The lowest BCUT2D eigenvalue weighted by molar-refractivity contribution is 0.0694. The molecule has 2 aromatic rings. The van der Waals surface area contributed by atoms with Crippen molar-refractivity contribution < 1.29 is 19.1 Å². The van der Waals surface area contributed by atoms with Crippen molar-refractivity contribution >= 4 is 23.2 Å². The van der Waals surface area contributed by atoms with Crippen LogP contribution in [-0.2, 0) is 19.4 Å². The van der Waals surface area contributed by atoms with Crippen molar-refractivity contribution in [2.45, 2.75) is 39.2 Å². The van der Waals surface area contributed by atoms with Crippen molar-refractivity contribution in [3.05, 3.63) is 44.5 Å². The van der Waals surface area contributed by atoms with Crippen molar-refractivity contribution in [2.75, 3.05) is 0 Å². The third kappa shape index (κ3) is 2.78. The van der Waals surface area contributed by atoms with Crippen molar-refractivity contribution in [1.82, 2.24) is 5.32 Å². The zero-order valence-corrected chi connectivity index (χ0v) is 13.1. The predicted molar refractivity (Wildman–Crippen MR) is 82.5 cm³/mol. The molecule has 22 heavy (non-hydrogen) atoms. The summed E-state index contributed by atoms with van der Waals surface area (Å²) in [6.45, 7) is 1.79. The maximum Gasteiger partial charge on any atom is 0.339 e. The maximum absolute atomic E-state index is 12.3. The fourth-order valence-corrected chi connectivity index (χ4v) is 3.92. The molecule has 2 aromatic heterocycles. The molecule has 116 valence electrons. The van der Waals surface area contributed by atoms with E-state index in [1.54, 1.807) is 18.3 Å². The summed E-state index contributed by atoms with van der Waals surface area (Å²) in [6.07, 6.45) is 4.35. The Morgan fingerprint density at radius 2 is 2.09 bits per heavy atom. The number of carbonyl (C=O) groups is 2. The molecule has 0 fully saturated rings. The second-order valence-corrected chi connectivity index (χ2v) is 6.39. The third-order valence-electron chi connectivity index (χ3n) is 3.93. The smallest absolute Gasteiger partial charge is 0.339 e. The number of carboxylic acid groups (broad SMARTS) is 1. The molecule has 3 rings (SSSR count). The number of carbonyl (C=O) groups excluding carboxylic acids is 1. The first-order valence-corrected chi connectivity index (χ1v) is 8.14. The molecular formula is C16H17NO4S. The van der Waals surface area contributed by atoms with Crippen LogP contribution in [0.4, 0.5) is 0 Å². The molecule has 0 bridgehead atoms. The number of nitrogens with one attached hydrogen (secondary N) is 1. The average molecular weight is 319 g/mol. The number of aryl methyl sites for hydroxylation is 2. The summed E-state index contributed by atoms with van der Waals surface area (Å²) >= 11 is 1.65.